The molecule has 0 saturated carbocycles. The number of hydrogen-bond acceptors (Lipinski definition) is 4. The number of ether oxygens (including phenoxy) is 3. The van der Waals surface area contributed by atoms with Gasteiger partial charge in [-0.2, -0.15) is 0 Å². The van der Waals surface area contributed by atoms with E-state index < -0.39 is 0 Å². The molecule has 0 fully saturated rings. The fourth-order valence-corrected chi connectivity index (χ4v) is 2.29. The average molecular weight is 330 g/mol. The summed E-state index contributed by atoms with van der Waals surface area (Å²) >= 11 is 0. The molecule has 0 aliphatic heterocycles. The molecule has 0 bridgehead atoms. The van der Waals surface area contributed by atoms with Crippen LogP contribution in [0, 0.1) is 0 Å². The van der Waals surface area contributed by atoms with Crippen molar-refractivity contribution in [2.75, 3.05) is 33.2 Å². The van der Waals surface area contributed by atoms with Crippen LogP contribution in [0.25, 0.3) is 0 Å². The first-order chi connectivity index (χ1) is 11.7. The minimum absolute atomic E-state index is 0.303. The van der Waals surface area contributed by atoms with Gasteiger partial charge in [0.05, 0.1) is 14.2 Å². The number of urea groups is 1. The second-order valence-corrected chi connectivity index (χ2v) is 5.03. The molecular weight excluding hydrogens is 308 g/mol. The van der Waals surface area contributed by atoms with E-state index in [4.69, 9.17) is 14.2 Å². The molecule has 128 valence electrons. The second kappa shape index (κ2) is 8.79. The van der Waals surface area contributed by atoms with Crippen LogP contribution in [0.5, 0.6) is 11.5 Å². The summed E-state index contributed by atoms with van der Waals surface area (Å²) in [7, 11) is 4.80. The number of nitrogens with one attached hydrogen (secondary N) is 2. The van der Waals surface area contributed by atoms with Gasteiger partial charge in [0.2, 0.25) is 0 Å². The molecule has 2 aromatic rings. The fraction of sp³-hybridized carbons (Fsp3) is 0.278. The zero-order chi connectivity index (χ0) is 17.4. The Labute approximate surface area is 141 Å². The molecule has 2 rings (SSSR count). The predicted molar refractivity (Wildman–Crippen MR) is 92.8 cm³/mol. The van der Waals surface area contributed by atoms with Crippen LogP contribution in [-0.2, 0) is 4.74 Å². The standard InChI is InChI=1S/C18H22N2O4/c1-22-14-10-8-13(9-11-14)20-18(21)19-12-17(24-3)15-6-4-5-7-16(15)23-2/h4-11,17H,12H2,1-3H3,(H2,19,20,21). The fourth-order valence-electron chi connectivity index (χ4n) is 2.29. The minimum atomic E-state index is -0.308. The van der Waals surface area contributed by atoms with Gasteiger partial charge in [0.1, 0.15) is 17.6 Å². The highest BCUT2D eigenvalue weighted by atomic mass is 16.5. The average Bonchev–Trinajstić information content (AvgIpc) is 2.63. The van der Waals surface area contributed by atoms with E-state index in [9.17, 15) is 4.79 Å². The van der Waals surface area contributed by atoms with Crippen LogP contribution in [0.1, 0.15) is 11.7 Å². The lowest BCUT2D eigenvalue weighted by atomic mass is 10.1. The summed E-state index contributed by atoms with van der Waals surface area (Å²) in [5.74, 6) is 1.46. The summed E-state index contributed by atoms with van der Waals surface area (Å²) in [6.07, 6.45) is -0.303. The number of hydrogen-bond donors (Lipinski definition) is 2. The molecule has 2 N–H and O–H groups in total. The largest absolute Gasteiger partial charge is 0.497 e. The lowest BCUT2D eigenvalue weighted by Gasteiger charge is -2.19. The Bertz CT molecular complexity index is 658. The molecular formula is C18H22N2O4. The van der Waals surface area contributed by atoms with Gasteiger partial charge in [0.15, 0.2) is 0 Å². The number of para-hydroxylation sites is 1. The van der Waals surface area contributed by atoms with Gasteiger partial charge in [0, 0.05) is 24.9 Å². The molecule has 0 aliphatic rings. The normalized spacial score (nSPS) is 11.5. The molecule has 2 aromatic carbocycles. The van der Waals surface area contributed by atoms with Gasteiger partial charge < -0.3 is 24.8 Å². The van der Waals surface area contributed by atoms with Crippen molar-refractivity contribution in [1.82, 2.24) is 5.32 Å². The minimum Gasteiger partial charge on any atom is -0.497 e. The van der Waals surface area contributed by atoms with E-state index in [-0.39, 0.29) is 12.1 Å². The third kappa shape index (κ3) is 4.63. The Kier molecular flexibility index (Phi) is 6.45. The van der Waals surface area contributed by atoms with Gasteiger partial charge in [-0.25, -0.2) is 4.79 Å². The third-order valence-electron chi connectivity index (χ3n) is 3.57. The molecule has 0 saturated heterocycles. The van der Waals surface area contributed by atoms with Crippen molar-refractivity contribution in [2.45, 2.75) is 6.10 Å². The van der Waals surface area contributed by atoms with E-state index in [0.717, 1.165) is 17.1 Å². The summed E-state index contributed by atoms with van der Waals surface area (Å²) in [5, 5.41) is 5.56. The number of benzene rings is 2. The number of carbonyl (C=O) groups is 1. The van der Waals surface area contributed by atoms with Gasteiger partial charge in [-0.1, -0.05) is 18.2 Å². The first-order valence-corrected chi connectivity index (χ1v) is 7.52. The summed E-state index contributed by atoms with van der Waals surface area (Å²) < 4.78 is 15.9. The van der Waals surface area contributed by atoms with Crippen molar-refractivity contribution in [2.24, 2.45) is 0 Å². The third-order valence-corrected chi connectivity index (χ3v) is 3.57. The van der Waals surface area contributed by atoms with E-state index in [1.165, 1.54) is 0 Å². The van der Waals surface area contributed by atoms with Crippen LogP contribution in [0.3, 0.4) is 0 Å². The van der Waals surface area contributed by atoms with Crippen LogP contribution in [0.2, 0.25) is 0 Å². The Morgan fingerprint density at radius 1 is 1.00 bits per heavy atom. The molecule has 0 aromatic heterocycles. The first kappa shape index (κ1) is 17.6. The van der Waals surface area contributed by atoms with Crippen molar-refractivity contribution in [1.29, 1.82) is 0 Å². The number of methoxy groups -OCH3 is 3. The second-order valence-electron chi connectivity index (χ2n) is 5.03. The van der Waals surface area contributed by atoms with Crippen LogP contribution in [0.15, 0.2) is 48.5 Å². The van der Waals surface area contributed by atoms with E-state index in [1.807, 2.05) is 24.3 Å². The Morgan fingerprint density at radius 2 is 1.71 bits per heavy atom. The Hall–Kier alpha value is -2.73. The predicted octanol–water partition coefficient (Wildman–Crippen LogP) is 3.21. The summed E-state index contributed by atoms with van der Waals surface area (Å²) in [6.45, 7) is 0.318. The van der Waals surface area contributed by atoms with Gasteiger partial charge in [-0.15, -0.1) is 0 Å². The maximum Gasteiger partial charge on any atom is 0.319 e. The topological polar surface area (TPSA) is 68.8 Å². The van der Waals surface area contributed by atoms with Crippen molar-refractivity contribution in [3.63, 3.8) is 0 Å². The van der Waals surface area contributed by atoms with E-state index >= 15 is 0 Å². The molecule has 0 radical (unpaired) electrons. The highest BCUT2D eigenvalue weighted by Crippen LogP contribution is 2.26. The zero-order valence-corrected chi connectivity index (χ0v) is 14.0. The summed E-state index contributed by atoms with van der Waals surface area (Å²) in [5.41, 5.74) is 1.56. The summed E-state index contributed by atoms with van der Waals surface area (Å²) in [4.78, 5) is 12.0. The lowest BCUT2D eigenvalue weighted by Crippen LogP contribution is -2.33. The van der Waals surface area contributed by atoms with E-state index in [2.05, 4.69) is 10.6 Å². The molecule has 6 heteroatoms. The van der Waals surface area contributed by atoms with E-state index in [0.29, 0.717) is 12.2 Å². The van der Waals surface area contributed by atoms with Crippen molar-refractivity contribution < 1.29 is 19.0 Å². The van der Waals surface area contributed by atoms with Crippen LogP contribution in [-0.4, -0.2) is 33.9 Å². The zero-order valence-electron chi connectivity index (χ0n) is 14.0. The maximum absolute atomic E-state index is 12.0. The molecule has 0 heterocycles. The maximum atomic E-state index is 12.0. The molecule has 24 heavy (non-hydrogen) atoms. The number of amides is 2. The van der Waals surface area contributed by atoms with Gasteiger partial charge in [0.25, 0.3) is 0 Å². The van der Waals surface area contributed by atoms with Crippen molar-refractivity contribution in [3.05, 3.63) is 54.1 Å². The Balaban J connectivity index is 1.93. The van der Waals surface area contributed by atoms with Gasteiger partial charge in [-0.05, 0) is 30.3 Å². The molecule has 1 atom stereocenters. The van der Waals surface area contributed by atoms with Crippen molar-refractivity contribution >= 4 is 11.7 Å². The number of anilines is 1. The quantitative estimate of drug-likeness (QED) is 0.818. The van der Waals surface area contributed by atoms with Gasteiger partial charge in [-0.3, -0.25) is 0 Å². The number of rotatable bonds is 7. The molecule has 0 aliphatic carbocycles. The molecule has 0 spiro atoms. The molecule has 1 unspecified atom stereocenters. The van der Waals surface area contributed by atoms with Gasteiger partial charge >= 0.3 is 6.03 Å². The first-order valence-electron chi connectivity index (χ1n) is 7.52. The van der Waals surface area contributed by atoms with Crippen LogP contribution in [0.4, 0.5) is 10.5 Å². The van der Waals surface area contributed by atoms with Crippen molar-refractivity contribution in [3.8, 4) is 11.5 Å². The van der Waals surface area contributed by atoms with Crippen LogP contribution >= 0.6 is 0 Å². The summed E-state index contributed by atoms with van der Waals surface area (Å²) in [6, 6.07) is 14.4. The highest BCUT2D eigenvalue weighted by Gasteiger charge is 2.16. The SMILES string of the molecule is COc1ccc(NC(=O)NCC(OC)c2ccccc2OC)cc1. The number of carbonyl (C=O) groups excluding carboxylic acids is 1. The smallest absolute Gasteiger partial charge is 0.319 e. The van der Waals surface area contributed by atoms with Crippen LogP contribution < -0.4 is 20.1 Å². The monoisotopic (exact) mass is 330 g/mol. The molecule has 6 nitrogen and oxygen atoms in total. The van der Waals surface area contributed by atoms with E-state index in [1.54, 1.807) is 45.6 Å². The highest BCUT2D eigenvalue weighted by molar-refractivity contribution is 5.89. The molecule has 2 amide bonds. The lowest BCUT2D eigenvalue weighted by molar-refractivity contribution is 0.102. The Morgan fingerprint density at radius 3 is 2.33 bits per heavy atom.